The van der Waals surface area contributed by atoms with Crippen LogP contribution < -0.4 is 15.4 Å². The number of para-hydroxylation sites is 1. The molecule has 7 heteroatoms. The van der Waals surface area contributed by atoms with Gasteiger partial charge in [-0.1, -0.05) is 18.2 Å². The van der Waals surface area contributed by atoms with Gasteiger partial charge in [0.05, 0.1) is 24.7 Å². The van der Waals surface area contributed by atoms with E-state index >= 15 is 0 Å². The maximum absolute atomic E-state index is 5.47. The molecular weight excluding hydrogens is 358 g/mol. The van der Waals surface area contributed by atoms with Crippen LogP contribution in [0.3, 0.4) is 0 Å². The van der Waals surface area contributed by atoms with Gasteiger partial charge in [0.25, 0.3) is 0 Å². The van der Waals surface area contributed by atoms with Gasteiger partial charge in [0.2, 0.25) is 0 Å². The zero-order valence-electron chi connectivity index (χ0n) is 15.7. The summed E-state index contributed by atoms with van der Waals surface area (Å²) in [4.78, 5) is 4.55. The van der Waals surface area contributed by atoms with Gasteiger partial charge >= 0.3 is 0 Å². The summed E-state index contributed by atoms with van der Waals surface area (Å²) in [5.74, 6) is 0.888. The van der Waals surface area contributed by atoms with E-state index in [2.05, 4.69) is 27.8 Å². The van der Waals surface area contributed by atoms with Gasteiger partial charge in [0.15, 0.2) is 5.65 Å². The first-order valence-corrected chi connectivity index (χ1v) is 10.2. The average Bonchev–Trinajstić information content (AvgIpc) is 3.08. The van der Waals surface area contributed by atoms with Gasteiger partial charge in [0.1, 0.15) is 10.8 Å². The highest BCUT2D eigenvalue weighted by molar-refractivity contribution is 7.99. The molecule has 0 aliphatic carbocycles. The van der Waals surface area contributed by atoms with Crippen molar-refractivity contribution in [2.75, 3.05) is 25.5 Å². The zero-order chi connectivity index (χ0) is 18.6. The molecule has 27 heavy (non-hydrogen) atoms. The van der Waals surface area contributed by atoms with Crippen LogP contribution in [0.5, 0.6) is 5.75 Å². The van der Waals surface area contributed by atoms with Crippen molar-refractivity contribution in [1.82, 2.24) is 19.9 Å². The Kier molecular flexibility index (Phi) is 5.50. The van der Waals surface area contributed by atoms with Gasteiger partial charge in [-0.3, -0.25) is 0 Å². The second-order valence-corrected chi connectivity index (χ2v) is 8.08. The van der Waals surface area contributed by atoms with Crippen LogP contribution in [0, 0.1) is 6.92 Å². The molecule has 2 aromatic heterocycles. The van der Waals surface area contributed by atoms with E-state index in [9.17, 15) is 0 Å². The highest BCUT2D eigenvalue weighted by Crippen LogP contribution is 2.31. The summed E-state index contributed by atoms with van der Waals surface area (Å²) in [6.45, 7) is 4.88. The molecule has 1 aliphatic rings. The average molecular weight is 384 g/mol. The van der Waals surface area contributed by atoms with Crippen LogP contribution in [0.15, 0.2) is 41.6 Å². The third-order valence-electron chi connectivity index (χ3n) is 4.85. The van der Waals surface area contributed by atoms with Crippen molar-refractivity contribution in [3.8, 4) is 5.75 Å². The Hall–Kier alpha value is -2.25. The monoisotopic (exact) mass is 383 g/mol. The summed E-state index contributed by atoms with van der Waals surface area (Å²) in [6, 6.07) is 10.2. The van der Waals surface area contributed by atoms with Crippen LogP contribution in [0.1, 0.15) is 24.1 Å². The normalized spacial score (nSPS) is 15.2. The molecule has 0 atom stereocenters. The number of hydrogen-bond donors (Lipinski definition) is 2. The SMILES string of the molecule is COc1ccccc1CNc1cc(SC2CCNCC2)nn2c(C)cnc12. The van der Waals surface area contributed by atoms with Gasteiger partial charge in [0, 0.05) is 17.4 Å². The minimum absolute atomic E-state index is 0.613. The van der Waals surface area contributed by atoms with Gasteiger partial charge in [-0.05, 0) is 45.0 Å². The molecule has 142 valence electrons. The molecule has 6 nitrogen and oxygen atoms in total. The number of aryl methyl sites for hydroxylation is 1. The molecule has 3 heterocycles. The number of anilines is 1. The number of imidazole rings is 1. The van der Waals surface area contributed by atoms with Crippen molar-refractivity contribution in [2.45, 2.75) is 36.6 Å². The Morgan fingerprint density at radius 2 is 2.11 bits per heavy atom. The zero-order valence-corrected chi connectivity index (χ0v) is 16.6. The number of ether oxygens (including phenoxy) is 1. The predicted molar refractivity (Wildman–Crippen MR) is 110 cm³/mol. The lowest BCUT2D eigenvalue weighted by Crippen LogP contribution is -2.29. The standard InChI is InChI=1S/C20H25N5OS/c1-14-12-23-20-17(22-13-15-5-3-4-6-18(15)26-2)11-19(24-25(14)20)27-16-7-9-21-10-8-16/h3-6,11-12,16,21-22H,7-10,13H2,1-2H3. The number of rotatable bonds is 6. The molecule has 2 N–H and O–H groups in total. The highest BCUT2D eigenvalue weighted by atomic mass is 32.2. The minimum Gasteiger partial charge on any atom is -0.496 e. The number of hydrogen-bond acceptors (Lipinski definition) is 6. The molecule has 1 fully saturated rings. The minimum atomic E-state index is 0.613. The lowest BCUT2D eigenvalue weighted by atomic mass is 10.2. The first-order chi connectivity index (χ1) is 13.2. The topological polar surface area (TPSA) is 63.5 Å². The second-order valence-electron chi connectivity index (χ2n) is 6.76. The number of benzene rings is 1. The van der Waals surface area contributed by atoms with E-state index in [1.165, 1.54) is 12.8 Å². The molecule has 0 spiro atoms. The summed E-state index contributed by atoms with van der Waals surface area (Å²) < 4.78 is 7.40. The van der Waals surface area contributed by atoms with Gasteiger partial charge in [-0.25, -0.2) is 9.50 Å². The van der Waals surface area contributed by atoms with Crippen LogP contribution in [0.25, 0.3) is 5.65 Å². The number of nitrogens with zero attached hydrogens (tertiary/aromatic N) is 3. The molecule has 4 rings (SSSR count). The maximum Gasteiger partial charge on any atom is 0.177 e. The van der Waals surface area contributed by atoms with Crippen LogP contribution in [-0.2, 0) is 6.54 Å². The molecule has 3 aromatic rings. The van der Waals surface area contributed by atoms with Crippen molar-refractivity contribution >= 4 is 23.1 Å². The van der Waals surface area contributed by atoms with Crippen molar-refractivity contribution in [2.24, 2.45) is 0 Å². The number of fused-ring (bicyclic) bond motifs is 1. The third-order valence-corrected chi connectivity index (χ3v) is 6.10. The van der Waals surface area contributed by atoms with E-state index in [-0.39, 0.29) is 0 Å². The number of methoxy groups -OCH3 is 1. The Morgan fingerprint density at radius 1 is 1.30 bits per heavy atom. The van der Waals surface area contributed by atoms with Crippen LogP contribution >= 0.6 is 11.8 Å². The fourth-order valence-corrected chi connectivity index (χ4v) is 4.50. The van der Waals surface area contributed by atoms with E-state index in [1.807, 2.05) is 47.6 Å². The van der Waals surface area contributed by atoms with Gasteiger partial charge < -0.3 is 15.4 Å². The smallest absolute Gasteiger partial charge is 0.177 e. The molecule has 0 bridgehead atoms. The maximum atomic E-state index is 5.47. The quantitative estimate of drug-likeness (QED) is 0.679. The van der Waals surface area contributed by atoms with E-state index in [0.717, 1.165) is 46.5 Å². The number of nitrogens with one attached hydrogen (secondary N) is 2. The summed E-state index contributed by atoms with van der Waals surface area (Å²) in [5, 5.41) is 13.4. The summed E-state index contributed by atoms with van der Waals surface area (Å²) in [7, 11) is 1.70. The number of aromatic nitrogens is 3. The van der Waals surface area contributed by atoms with Crippen LogP contribution in [-0.4, -0.2) is 40.0 Å². The van der Waals surface area contributed by atoms with E-state index in [1.54, 1.807) is 7.11 Å². The molecule has 1 aliphatic heterocycles. The Morgan fingerprint density at radius 3 is 2.93 bits per heavy atom. The number of thioether (sulfide) groups is 1. The molecule has 0 radical (unpaired) electrons. The van der Waals surface area contributed by atoms with Crippen LogP contribution in [0.4, 0.5) is 5.69 Å². The second kappa shape index (κ2) is 8.19. The Labute approximate surface area is 163 Å². The van der Waals surface area contributed by atoms with E-state index < -0.39 is 0 Å². The number of piperidine rings is 1. The largest absolute Gasteiger partial charge is 0.496 e. The Balaban J connectivity index is 1.60. The molecular formula is C20H25N5OS. The van der Waals surface area contributed by atoms with Crippen molar-refractivity contribution in [3.63, 3.8) is 0 Å². The van der Waals surface area contributed by atoms with Crippen molar-refractivity contribution in [1.29, 1.82) is 0 Å². The highest BCUT2D eigenvalue weighted by Gasteiger charge is 2.17. The van der Waals surface area contributed by atoms with E-state index in [0.29, 0.717) is 11.8 Å². The fourth-order valence-electron chi connectivity index (χ4n) is 3.37. The molecule has 1 saturated heterocycles. The first kappa shape index (κ1) is 18.1. The summed E-state index contributed by atoms with van der Waals surface area (Å²) in [5.41, 5.74) is 4.02. The fraction of sp³-hybridized carbons (Fsp3) is 0.400. The predicted octanol–water partition coefficient (Wildman–Crippen LogP) is 3.50. The van der Waals surface area contributed by atoms with Crippen LogP contribution in [0.2, 0.25) is 0 Å². The van der Waals surface area contributed by atoms with Gasteiger partial charge in [-0.2, -0.15) is 5.10 Å². The summed E-state index contributed by atoms with van der Waals surface area (Å²) >= 11 is 1.87. The van der Waals surface area contributed by atoms with Gasteiger partial charge in [-0.15, -0.1) is 11.8 Å². The molecule has 0 unspecified atom stereocenters. The lowest BCUT2D eigenvalue weighted by molar-refractivity contribution is 0.410. The van der Waals surface area contributed by atoms with E-state index in [4.69, 9.17) is 9.84 Å². The third kappa shape index (κ3) is 4.04. The first-order valence-electron chi connectivity index (χ1n) is 9.33. The molecule has 0 saturated carbocycles. The van der Waals surface area contributed by atoms with Crippen molar-refractivity contribution < 1.29 is 4.74 Å². The Bertz CT molecular complexity index is 920. The summed E-state index contributed by atoms with van der Waals surface area (Å²) in [6.07, 6.45) is 4.23. The lowest BCUT2D eigenvalue weighted by Gasteiger charge is -2.22. The van der Waals surface area contributed by atoms with Crippen molar-refractivity contribution in [3.05, 3.63) is 47.8 Å². The molecule has 0 amide bonds. The molecule has 1 aromatic carbocycles.